The highest BCUT2D eigenvalue weighted by Crippen LogP contribution is 2.33. The first-order chi connectivity index (χ1) is 8.99. The molecule has 0 amide bonds. The Bertz CT molecular complexity index is 392. The summed E-state index contributed by atoms with van der Waals surface area (Å²) in [6, 6.07) is 9.08. The van der Waals surface area contributed by atoms with E-state index in [1.165, 1.54) is 30.6 Å². The molecule has 1 heterocycles. The second kappa shape index (κ2) is 5.96. The van der Waals surface area contributed by atoms with Crippen molar-refractivity contribution in [3.63, 3.8) is 0 Å². The molecule has 2 rings (SSSR count). The summed E-state index contributed by atoms with van der Waals surface area (Å²) in [5.41, 5.74) is 3.06. The molecular weight excluding hydrogens is 232 g/mol. The third kappa shape index (κ3) is 3.73. The van der Waals surface area contributed by atoms with Crippen molar-refractivity contribution in [2.75, 3.05) is 18.0 Å². The van der Waals surface area contributed by atoms with Crippen LogP contribution in [-0.4, -0.2) is 18.6 Å². The Kier molecular flexibility index (Phi) is 4.51. The fraction of sp³-hybridized carbons (Fsp3) is 0.647. The molecule has 2 nitrogen and oxygen atoms in total. The summed E-state index contributed by atoms with van der Waals surface area (Å²) < 4.78 is 0. The monoisotopic (exact) mass is 260 g/mol. The van der Waals surface area contributed by atoms with Gasteiger partial charge in [-0.05, 0) is 56.8 Å². The molecule has 1 fully saturated rings. The summed E-state index contributed by atoms with van der Waals surface area (Å²) in [7, 11) is 0. The van der Waals surface area contributed by atoms with E-state index in [1.54, 1.807) is 0 Å². The number of nitrogens with zero attached hydrogens (tertiary/aromatic N) is 1. The Hall–Kier alpha value is -1.02. The van der Waals surface area contributed by atoms with Gasteiger partial charge in [-0.1, -0.05) is 26.0 Å². The number of nitrogens with one attached hydrogen (secondary N) is 1. The van der Waals surface area contributed by atoms with Crippen molar-refractivity contribution >= 4 is 5.69 Å². The van der Waals surface area contributed by atoms with E-state index >= 15 is 0 Å². The van der Waals surface area contributed by atoms with Crippen molar-refractivity contribution < 1.29 is 0 Å². The molecule has 0 unspecified atom stereocenters. The molecule has 0 spiro atoms. The van der Waals surface area contributed by atoms with Crippen LogP contribution in [0.15, 0.2) is 24.3 Å². The van der Waals surface area contributed by atoms with Crippen LogP contribution in [0.25, 0.3) is 0 Å². The maximum atomic E-state index is 3.49. The minimum atomic E-state index is 0.317. The van der Waals surface area contributed by atoms with Gasteiger partial charge in [0.15, 0.2) is 0 Å². The summed E-state index contributed by atoms with van der Waals surface area (Å²) in [6.07, 6.45) is 2.61. The first-order valence-corrected chi connectivity index (χ1v) is 7.56. The van der Waals surface area contributed by atoms with E-state index in [0.717, 1.165) is 13.1 Å². The van der Waals surface area contributed by atoms with E-state index in [9.17, 15) is 0 Å². The van der Waals surface area contributed by atoms with Gasteiger partial charge in [0.1, 0.15) is 0 Å². The van der Waals surface area contributed by atoms with Crippen LogP contribution in [0.4, 0.5) is 5.69 Å². The Morgan fingerprint density at radius 1 is 1.21 bits per heavy atom. The molecule has 0 saturated carbocycles. The average molecular weight is 260 g/mol. The molecule has 0 aromatic heterocycles. The molecule has 1 aromatic carbocycles. The first kappa shape index (κ1) is 14.4. The summed E-state index contributed by atoms with van der Waals surface area (Å²) in [4.78, 5) is 2.54. The van der Waals surface area contributed by atoms with Crippen LogP contribution < -0.4 is 10.2 Å². The lowest BCUT2D eigenvalue weighted by Crippen LogP contribution is -2.38. The van der Waals surface area contributed by atoms with E-state index in [4.69, 9.17) is 0 Å². The molecule has 0 bridgehead atoms. The van der Waals surface area contributed by atoms with Crippen molar-refractivity contribution in [3.8, 4) is 0 Å². The Labute approximate surface area is 118 Å². The second-order valence-electron chi connectivity index (χ2n) is 6.76. The number of rotatable bonds is 5. The first-order valence-electron chi connectivity index (χ1n) is 7.56. The zero-order valence-electron chi connectivity index (χ0n) is 12.9. The molecular formula is C17H28N2. The van der Waals surface area contributed by atoms with Crippen LogP contribution in [0.2, 0.25) is 0 Å². The Morgan fingerprint density at radius 2 is 1.89 bits per heavy atom. The van der Waals surface area contributed by atoms with Gasteiger partial charge in [0.05, 0.1) is 0 Å². The molecule has 1 saturated heterocycles. The van der Waals surface area contributed by atoms with Crippen molar-refractivity contribution in [2.24, 2.45) is 5.92 Å². The summed E-state index contributed by atoms with van der Waals surface area (Å²) in [6.45, 7) is 12.4. The Balaban J connectivity index is 1.95. The van der Waals surface area contributed by atoms with Crippen LogP contribution in [0, 0.1) is 5.92 Å². The molecule has 1 aromatic rings. The predicted octanol–water partition coefficient (Wildman–Crippen LogP) is 3.81. The smallest absolute Gasteiger partial charge is 0.0370 e. The normalized spacial score (nSPS) is 18.3. The van der Waals surface area contributed by atoms with E-state index in [2.05, 4.69) is 62.2 Å². The van der Waals surface area contributed by atoms with E-state index in [0.29, 0.717) is 11.5 Å². The lowest BCUT2D eigenvalue weighted by molar-refractivity contribution is 0.518. The minimum Gasteiger partial charge on any atom is -0.366 e. The molecule has 1 N–H and O–H groups in total. The van der Waals surface area contributed by atoms with Crippen LogP contribution in [0.3, 0.4) is 0 Å². The number of benzene rings is 1. The highest BCUT2D eigenvalue weighted by Gasteiger charge is 2.31. The van der Waals surface area contributed by atoms with Gasteiger partial charge in [0, 0.05) is 24.3 Å². The van der Waals surface area contributed by atoms with Crippen LogP contribution >= 0.6 is 0 Å². The highest BCUT2D eigenvalue weighted by atomic mass is 15.2. The molecule has 106 valence electrons. The summed E-state index contributed by atoms with van der Waals surface area (Å²) >= 11 is 0. The quantitative estimate of drug-likeness (QED) is 0.866. The maximum absolute atomic E-state index is 3.49. The number of anilines is 1. The zero-order valence-corrected chi connectivity index (χ0v) is 12.9. The number of hydrogen-bond acceptors (Lipinski definition) is 2. The standard InChI is InChI=1S/C17H28N2/c1-14(2)12-18-13-15-6-8-16(9-7-15)19-11-5-10-17(19,3)4/h6-9,14,18H,5,10-13H2,1-4H3. The predicted molar refractivity (Wildman–Crippen MR) is 83.6 cm³/mol. The molecule has 19 heavy (non-hydrogen) atoms. The molecule has 2 heteroatoms. The van der Waals surface area contributed by atoms with E-state index in [-0.39, 0.29) is 0 Å². The zero-order chi connectivity index (χ0) is 13.9. The third-order valence-corrected chi connectivity index (χ3v) is 4.03. The van der Waals surface area contributed by atoms with Gasteiger partial charge < -0.3 is 10.2 Å². The van der Waals surface area contributed by atoms with E-state index < -0.39 is 0 Å². The number of hydrogen-bond donors (Lipinski definition) is 1. The van der Waals surface area contributed by atoms with Crippen LogP contribution in [0.5, 0.6) is 0 Å². The van der Waals surface area contributed by atoms with Gasteiger partial charge in [-0.3, -0.25) is 0 Å². The largest absolute Gasteiger partial charge is 0.366 e. The van der Waals surface area contributed by atoms with Gasteiger partial charge in [-0.2, -0.15) is 0 Å². The van der Waals surface area contributed by atoms with Crippen molar-refractivity contribution in [2.45, 2.75) is 52.6 Å². The van der Waals surface area contributed by atoms with Gasteiger partial charge in [-0.25, -0.2) is 0 Å². The maximum Gasteiger partial charge on any atom is 0.0370 e. The van der Waals surface area contributed by atoms with Crippen LogP contribution in [-0.2, 0) is 6.54 Å². The molecule has 1 aliphatic heterocycles. The lowest BCUT2D eigenvalue weighted by Gasteiger charge is -2.33. The third-order valence-electron chi connectivity index (χ3n) is 4.03. The molecule has 0 aliphatic carbocycles. The summed E-state index contributed by atoms with van der Waals surface area (Å²) in [5, 5.41) is 3.49. The van der Waals surface area contributed by atoms with Gasteiger partial charge in [-0.15, -0.1) is 0 Å². The second-order valence-corrected chi connectivity index (χ2v) is 6.76. The van der Waals surface area contributed by atoms with Crippen molar-refractivity contribution in [1.29, 1.82) is 0 Å². The van der Waals surface area contributed by atoms with Gasteiger partial charge >= 0.3 is 0 Å². The highest BCUT2D eigenvalue weighted by molar-refractivity contribution is 5.51. The van der Waals surface area contributed by atoms with Crippen LogP contribution in [0.1, 0.15) is 46.1 Å². The minimum absolute atomic E-state index is 0.317. The van der Waals surface area contributed by atoms with E-state index in [1.807, 2.05) is 0 Å². The SMILES string of the molecule is CC(C)CNCc1ccc(N2CCCC2(C)C)cc1. The molecule has 0 atom stereocenters. The fourth-order valence-corrected chi connectivity index (χ4v) is 2.88. The van der Waals surface area contributed by atoms with Crippen molar-refractivity contribution in [1.82, 2.24) is 5.32 Å². The van der Waals surface area contributed by atoms with Gasteiger partial charge in [0.25, 0.3) is 0 Å². The molecule has 1 aliphatic rings. The lowest BCUT2D eigenvalue weighted by atomic mass is 10.0. The average Bonchev–Trinajstić information content (AvgIpc) is 2.69. The van der Waals surface area contributed by atoms with Gasteiger partial charge in [0.2, 0.25) is 0 Å². The molecule has 0 radical (unpaired) electrons. The summed E-state index contributed by atoms with van der Waals surface area (Å²) in [5.74, 6) is 0.713. The van der Waals surface area contributed by atoms with Crippen molar-refractivity contribution in [3.05, 3.63) is 29.8 Å². The Morgan fingerprint density at radius 3 is 2.42 bits per heavy atom. The topological polar surface area (TPSA) is 15.3 Å². The fourth-order valence-electron chi connectivity index (χ4n) is 2.88.